The second-order valence-corrected chi connectivity index (χ2v) is 5.77. The Morgan fingerprint density at radius 1 is 0.762 bits per heavy atom. The number of unbranched alkanes of at least 4 members (excludes halogenated alkanes) is 9. The second-order valence-electron chi connectivity index (χ2n) is 5.03. The quantitative estimate of drug-likeness (QED) is 0.333. The third-order valence-corrected chi connectivity index (χ3v) is 3.51. The molecule has 1 atom stereocenters. The lowest BCUT2D eigenvalue weighted by Crippen LogP contribution is -1.87. The molecule has 21 heavy (non-hydrogen) atoms. The standard InChI is InChI=1S/C12H25O3P.C4H10O/c1-2-3-4-5-6-7-8-9-10-11-12-15-16(13)14;1-3-5-4-2/h2-12H2,1H3;3-4H2,1-2H3/p+1. The van der Waals surface area contributed by atoms with Gasteiger partial charge >= 0.3 is 8.25 Å². The van der Waals surface area contributed by atoms with Gasteiger partial charge in [-0.15, -0.1) is 9.42 Å². The Hall–Kier alpha value is -0.0200. The first-order valence-corrected chi connectivity index (χ1v) is 9.68. The molecular weight excluding hydrogens is 287 g/mol. The van der Waals surface area contributed by atoms with Gasteiger partial charge in [0.1, 0.15) is 6.61 Å². The third kappa shape index (κ3) is 28.8. The van der Waals surface area contributed by atoms with Crippen LogP contribution in [0.5, 0.6) is 0 Å². The minimum absolute atomic E-state index is 0.419. The Morgan fingerprint density at radius 3 is 1.52 bits per heavy atom. The highest BCUT2D eigenvalue weighted by Crippen LogP contribution is 2.16. The van der Waals surface area contributed by atoms with Gasteiger partial charge in [-0.05, 0) is 20.3 Å². The number of hydrogen-bond donors (Lipinski definition) is 1. The van der Waals surface area contributed by atoms with Crippen LogP contribution >= 0.6 is 8.25 Å². The molecule has 128 valence electrons. The van der Waals surface area contributed by atoms with Crippen LogP contribution in [0.3, 0.4) is 0 Å². The maximum atomic E-state index is 10.2. The van der Waals surface area contributed by atoms with E-state index in [0.29, 0.717) is 6.61 Å². The van der Waals surface area contributed by atoms with E-state index >= 15 is 0 Å². The van der Waals surface area contributed by atoms with Gasteiger partial charge in [0.2, 0.25) is 0 Å². The van der Waals surface area contributed by atoms with Crippen molar-refractivity contribution in [2.45, 2.75) is 85.0 Å². The van der Waals surface area contributed by atoms with Crippen LogP contribution in [0.1, 0.15) is 85.0 Å². The van der Waals surface area contributed by atoms with Crippen molar-refractivity contribution in [2.75, 3.05) is 19.8 Å². The van der Waals surface area contributed by atoms with Crippen molar-refractivity contribution in [3.05, 3.63) is 0 Å². The molecule has 1 N–H and O–H groups in total. The highest BCUT2D eigenvalue weighted by atomic mass is 31.1. The van der Waals surface area contributed by atoms with Gasteiger partial charge in [0, 0.05) is 17.8 Å². The molecule has 1 unspecified atom stereocenters. The van der Waals surface area contributed by atoms with Crippen LogP contribution in [0.4, 0.5) is 0 Å². The van der Waals surface area contributed by atoms with Crippen molar-refractivity contribution in [3.63, 3.8) is 0 Å². The normalized spacial score (nSPS) is 11.0. The summed E-state index contributed by atoms with van der Waals surface area (Å²) >= 11 is 0. The van der Waals surface area contributed by atoms with E-state index in [1.54, 1.807) is 0 Å². The Bertz CT molecular complexity index is 199. The summed E-state index contributed by atoms with van der Waals surface area (Å²) in [7, 11) is -2.39. The lowest BCUT2D eigenvalue weighted by atomic mass is 10.1. The molecule has 0 saturated carbocycles. The molecule has 0 saturated heterocycles. The van der Waals surface area contributed by atoms with Gasteiger partial charge in [-0.2, -0.15) is 0 Å². The van der Waals surface area contributed by atoms with Crippen molar-refractivity contribution >= 4 is 8.25 Å². The maximum Gasteiger partial charge on any atom is 0.694 e. The molecule has 0 aromatic carbocycles. The average molecular weight is 323 g/mol. The topological polar surface area (TPSA) is 55.8 Å². The predicted octanol–water partition coefficient (Wildman–Crippen LogP) is 5.62. The fourth-order valence-corrected chi connectivity index (χ4v) is 2.22. The number of hydrogen-bond acceptors (Lipinski definition) is 3. The molecule has 4 nitrogen and oxygen atoms in total. The Balaban J connectivity index is 0. The summed E-state index contributed by atoms with van der Waals surface area (Å²) in [5.74, 6) is 0. The summed E-state index contributed by atoms with van der Waals surface area (Å²) in [4.78, 5) is 8.38. The molecule has 0 aliphatic carbocycles. The van der Waals surface area contributed by atoms with Gasteiger partial charge in [0.15, 0.2) is 0 Å². The summed E-state index contributed by atoms with van der Waals surface area (Å²) < 4.78 is 19.6. The smallest absolute Gasteiger partial charge is 0.382 e. The molecule has 0 aliphatic heterocycles. The molecule has 0 radical (unpaired) electrons. The fourth-order valence-electron chi connectivity index (χ4n) is 1.94. The van der Waals surface area contributed by atoms with E-state index in [4.69, 9.17) is 9.63 Å². The van der Waals surface area contributed by atoms with Gasteiger partial charge in [0.05, 0.1) is 0 Å². The molecule has 0 bridgehead atoms. The molecule has 0 aliphatic rings. The molecule has 0 fully saturated rings. The average Bonchev–Trinajstić information content (AvgIpc) is 2.46. The Morgan fingerprint density at radius 2 is 1.19 bits per heavy atom. The number of ether oxygens (including phenoxy) is 1. The fraction of sp³-hybridized carbons (Fsp3) is 1.00. The van der Waals surface area contributed by atoms with Crippen molar-refractivity contribution in [1.82, 2.24) is 0 Å². The van der Waals surface area contributed by atoms with Crippen LogP contribution in [0.15, 0.2) is 0 Å². The highest BCUT2D eigenvalue weighted by molar-refractivity contribution is 7.32. The van der Waals surface area contributed by atoms with Gasteiger partial charge in [-0.3, -0.25) is 0 Å². The van der Waals surface area contributed by atoms with Gasteiger partial charge in [-0.25, -0.2) is 0 Å². The second kappa shape index (κ2) is 22.3. The molecule has 0 spiro atoms. The van der Waals surface area contributed by atoms with E-state index < -0.39 is 8.25 Å². The zero-order chi connectivity index (χ0) is 16.2. The van der Waals surface area contributed by atoms with Crippen molar-refractivity contribution in [2.24, 2.45) is 0 Å². The van der Waals surface area contributed by atoms with E-state index in [0.717, 1.165) is 26.1 Å². The summed E-state index contributed by atoms with van der Waals surface area (Å²) in [6.07, 6.45) is 12.7. The van der Waals surface area contributed by atoms with Crippen LogP contribution in [0, 0.1) is 0 Å². The minimum atomic E-state index is -2.39. The lowest BCUT2D eigenvalue weighted by Gasteiger charge is -2.00. The van der Waals surface area contributed by atoms with Crippen LogP contribution in [-0.4, -0.2) is 24.7 Å². The zero-order valence-corrected chi connectivity index (χ0v) is 15.2. The van der Waals surface area contributed by atoms with E-state index in [1.165, 1.54) is 51.4 Å². The maximum absolute atomic E-state index is 10.2. The minimum Gasteiger partial charge on any atom is -0.382 e. The monoisotopic (exact) mass is 323 g/mol. The Labute approximate surface area is 132 Å². The summed E-state index contributed by atoms with van der Waals surface area (Å²) in [6, 6.07) is 0. The predicted molar refractivity (Wildman–Crippen MR) is 89.8 cm³/mol. The largest absolute Gasteiger partial charge is 0.694 e. The molecule has 0 heterocycles. The first kappa shape index (κ1) is 23.2. The van der Waals surface area contributed by atoms with Crippen LogP contribution < -0.4 is 0 Å². The van der Waals surface area contributed by atoms with Gasteiger partial charge in [-0.1, -0.05) is 64.7 Å². The SMILES string of the molecule is CCCCCCCCCCCCO[P+](=O)O.CCOCC. The highest BCUT2D eigenvalue weighted by Gasteiger charge is 2.09. The summed E-state index contributed by atoms with van der Waals surface area (Å²) in [5.41, 5.74) is 0. The van der Waals surface area contributed by atoms with Crippen molar-refractivity contribution < 1.29 is 18.7 Å². The molecule has 0 aromatic rings. The van der Waals surface area contributed by atoms with Crippen molar-refractivity contribution in [3.8, 4) is 0 Å². The third-order valence-electron chi connectivity index (χ3n) is 3.11. The first-order chi connectivity index (χ1) is 10.2. The molecule has 0 amide bonds. The van der Waals surface area contributed by atoms with E-state index in [-0.39, 0.29) is 0 Å². The number of rotatable bonds is 14. The molecule has 0 rings (SSSR count). The Kier molecular flexibility index (Phi) is 24.6. The molecule has 0 aromatic heterocycles. The van der Waals surface area contributed by atoms with E-state index in [1.807, 2.05) is 13.8 Å². The zero-order valence-electron chi connectivity index (χ0n) is 14.3. The van der Waals surface area contributed by atoms with E-state index in [9.17, 15) is 4.57 Å². The molecular formula is C16H36O4P+. The van der Waals surface area contributed by atoms with Crippen LogP contribution in [-0.2, 0) is 13.8 Å². The van der Waals surface area contributed by atoms with Gasteiger partial charge in [0.25, 0.3) is 0 Å². The van der Waals surface area contributed by atoms with Crippen molar-refractivity contribution in [1.29, 1.82) is 0 Å². The summed E-state index contributed by atoms with van der Waals surface area (Å²) in [6.45, 7) is 8.32. The first-order valence-electron chi connectivity index (χ1n) is 8.55. The van der Waals surface area contributed by atoms with Gasteiger partial charge < -0.3 is 4.74 Å². The lowest BCUT2D eigenvalue weighted by molar-refractivity contribution is 0.162. The van der Waals surface area contributed by atoms with E-state index in [2.05, 4.69) is 11.4 Å². The van der Waals surface area contributed by atoms with Crippen LogP contribution in [0.25, 0.3) is 0 Å². The van der Waals surface area contributed by atoms with Crippen LogP contribution in [0.2, 0.25) is 0 Å². The molecule has 5 heteroatoms. The summed E-state index contributed by atoms with van der Waals surface area (Å²) in [5, 5.41) is 0.